The molecule has 0 radical (unpaired) electrons. The fraction of sp³-hybridized carbons (Fsp3) is 0.462. The van der Waals surface area contributed by atoms with Gasteiger partial charge in [-0.2, -0.15) is 0 Å². The van der Waals surface area contributed by atoms with Crippen LogP contribution in [0.2, 0.25) is 0 Å². The second-order valence-corrected chi connectivity index (χ2v) is 4.78. The van der Waals surface area contributed by atoms with Gasteiger partial charge in [0.05, 0.1) is 5.56 Å². The quantitative estimate of drug-likeness (QED) is 0.806. The lowest BCUT2D eigenvalue weighted by atomic mass is 9.85. The lowest BCUT2D eigenvalue weighted by molar-refractivity contribution is 0.0695. The largest absolute Gasteiger partial charge is 0.478 e. The van der Waals surface area contributed by atoms with Gasteiger partial charge in [-0.25, -0.2) is 4.79 Å². The Hall–Kier alpha value is -1.31. The highest BCUT2D eigenvalue weighted by Gasteiger charge is 2.17. The molecule has 0 aliphatic heterocycles. The number of hydrogen-bond donors (Lipinski definition) is 1. The lowest BCUT2D eigenvalue weighted by Crippen LogP contribution is -2.13. The summed E-state index contributed by atoms with van der Waals surface area (Å²) in [6, 6.07) is 5.73. The lowest BCUT2D eigenvalue weighted by Gasteiger charge is -2.20. The predicted octanol–water partition coefficient (Wildman–Crippen LogP) is 3.24. The van der Waals surface area contributed by atoms with Gasteiger partial charge >= 0.3 is 5.97 Å². The van der Waals surface area contributed by atoms with E-state index in [2.05, 4.69) is 20.8 Å². The highest BCUT2D eigenvalue weighted by atomic mass is 16.4. The predicted molar refractivity (Wildman–Crippen MR) is 61.5 cm³/mol. The Balaban J connectivity index is 3.28. The van der Waals surface area contributed by atoms with Crippen LogP contribution in [-0.4, -0.2) is 11.1 Å². The van der Waals surface area contributed by atoms with Crippen molar-refractivity contribution in [3.05, 3.63) is 34.9 Å². The minimum atomic E-state index is -0.835. The highest BCUT2D eigenvalue weighted by molar-refractivity contribution is 5.89. The molecule has 2 heteroatoms. The van der Waals surface area contributed by atoms with Crippen LogP contribution in [0.25, 0.3) is 0 Å². The van der Waals surface area contributed by atoms with Crippen molar-refractivity contribution in [3.63, 3.8) is 0 Å². The van der Waals surface area contributed by atoms with Crippen LogP contribution >= 0.6 is 0 Å². The number of benzene rings is 1. The first-order chi connectivity index (χ1) is 6.86. The molecule has 0 fully saturated rings. The monoisotopic (exact) mass is 206 g/mol. The SMILES string of the molecule is CCc1ccc(C(C)(C)C)cc1C(=O)O. The van der Waals surface area contributed by atoms with E-state index in [0.29, 0.717) is 5.56 Å². The van der Waals surface area contributed by atoms with Gasteiger partial charge < -0.3 is 5.11 Å². The summed E-state index contributed by atoms with van der Waals surface area (Å²) in [5.41, 5.74) is 2.40. The first-order valence-electron chi connectivity index (χ1n) is 5.23. The summed E-state index contributed by atoms with van der Waals surface area (Å²) in [5, 5.41) is 9.09. The maximum atomic E-state index is 11.1. The molecule has 0 saturated heterocycles. The van der Waals surface area contributed by atoms with Crippen LogP contribution in [0.4, 0.5) is 0 Å². The molecule has 15 heavy (non-hydrogen) atoms. The van der Waals surface area contributed by atoms with Gasteiger partial charge in [0.1, 0.15) is 0 Å². The van der Waals surface area contributed by atoms with E-state index in [1.54, 1.807) is 6.07 Å². The molecule has 1 rings (SSSR count). The number of aromatic carboxylic acids is 1. The van der Waals surface area contributed by atoms with Crippen molar-refractivity contribution >= 4 is 5.97 Å². The zero-order valence-corrected chi connectivity index (χ0v) is 9.79. The van der Waals surface area contributed by atoms with E-state index in [0.717, 1.165) is 17.5 Å². The molecule has 2 nitrogen and oxygen atoms in total. The Bertz CT molecular complexity index is 373. The number of rotatable bonds is 2. The highest BCUT2D eigenvalue weighted by Crippen LogP contribution is 2.24. The molecular weight excluding hydrogens is 188 g/mol. The fourth-order valence-electron chi connectivity index (χ4n) is 1.55. The molecule has 1 aromatic carbocycles. The summed E-state index contributed by atoms with van der Waals surface area (Å²) >= 11 is 0. The summed E-state index contributed by atoms with van der Waals surface area (Å²) < 4.78 is 0. The van der Waals surface area contributed by atoms with Gasteiger partial charge in [-0.1, -0.05) is 39.8 Å². The normalized spacial score (nSPS) is 11.5. The zero-order chi connectivity index (χ0) is 11.6. The van der Waals surface area contributed by atoms with E-state index in [-0.39, 0.29) is 5.41 Å². The first-order valence-corrected chi connectivity index (χ1v) is 5.23. The molecule has 0 atom stereocenters. The van der Waals surface area contributed by atoms with Crippen molar-refractivity contribution in [2.75, 3.05) is 0 Å². The molecule has 0 spiro atoms. The molecular formula is C13H18O2. The average molecular weight is 206 g/mol. The standard InChI is InChI=1S/C13H18O2/c1-5-9-6-7-10(13(2,3)4)8-11(9)12(14)15/h6-8H,5H2,1-4H3,(H,14,15). The summed E-state index contributed by atoms with van der Waals surface area (Å²) in [4.78, 5) is 11.1. The van der Waals surface area contributed by atoms with Crippen molar-refractivity contribution in [3.8, 4) is 0 Å². The maximum Gasteiger partial charge on any atom is 0.335 e. The molecule has 0 aromatic heterocycles. The van der Waals surface area contributed by atoms with Crippen LogP contribution in [0.5, 0.6) is 0 Å². The fourth-order valence-corrected chi connectivity index (χ4v) is 1.55. The minimum Gasteiger partial charge on any atom is -0.478 e. The Morgan fingerprint density at radius 1 is 1.33 bits per heavy atom. The van der Waals surface area contributed by atoms with E-state index in [1.807, 2.05) is 19.1 Å². The van der Waals surface area contributed by atoms with Crippen LogP contribution in [-0.2, 0) is 11.8 Å². The van der Waals surface area contributed by atoms with Crippen LogP contribution < -0.4 is 0 Å². The molecule has 0 bridgehead atoms. The molecule has 0 saturated carbocycles. The van der Waals surface area contributed by atoms with E-state index in [1.165, 1.54) is 0 Å². The molecule has 0 amide bonds. The molecule has 0 unspecified atom stereocenters. The molecule has 0 aliphatic carbocycles. The summed E-state index contributed by atoms with van der Waals surface area (Å²) in [6.45, 7) is 8.22. The van der Waals surface area contributed by atoms with Gasteiger partial charge in [-0.3, -0.25) is 0 Å². The first kappa shape index (κ1) is 11.8. The van der Waals surface area contributed by atoms with E-state index in [9.17, 15) is 4.79 Å². The number of carbonyl (C=O) groups is 1. The van der Waals surface area contributed by atoms with Gasteiger partial charge in [0, 0.05) is 0 Å². The number of carboxylic acid groups (broad SMARTS) is 1. The van der Waals surface area contributed by atoms with Crippen LogP contribution in [0.15, 0.2) is 18.2 Å². The molecule has 1 aromatic rings. The third-order valence-corrected chi connectivity index (χ3v) is 2.59. The van der Waals surface area contributed by atoms with Crippen molar-refractivity contribution in [2.24, 2.45) is 0 Å². The van der Waals surface area contributed by atoms with Crippen LogP contribution in [0.3, 0.4) is 0 Å². The second-order valence-electron chi connectivity index (χ2n) is 4.78. The van der Waals surface area contributed by atoms with Crippen molar-refractivity contribution in [1.82, 2.24) is 0 Å². The number of hydrogen-bond acceptors (Lipinski definition) is 1. The minimum absolute atomic E-state index is 0.00350. The van der Waals surface area contributed by atoms with Gasteiger partial charge in [-0.15, -0.1) is 0 Å². The molecule has 1 N–H and O–H groups in total. The maximum absolute atomic E-state index is 11.1. The van der Waals surface area contributed by atoms with Gasteiger partial charge in [-0.05, 0) is 29.0 Å². The van der Waals surface area contributed by atoms with Crippen LogP contribution in [0, 0.1) is 0 Å². The summed E-state index contributed by atoms with van der Waals surface area (Å²) in [6.07, 6.45) is 0.756. The van der Waals surface area contributed by atoms with Gasteiger partial charge in [0.25, 0.3) is 0 Å². The van der Waals surface area contributed by atoms with E-state index < -0.39 is 5.97 Å². The Labute approximate surface area is 90.9 Å². The third kappa shape index (κ3) is 2.58. The Morgan fingerprint density at radius 3 is 2.33 bits per heavy atom. The van der Waals surface area contributed by atoms with Crippen molar-refractivity contribution in [2.45, 2.75) is 39.5 Å². The summed E-state index contributed by atoms with van der Waals surface area (Å²) in [5.74, 6) is -0.835. The van der Waals surface area contributed by atoms with E-state index >= 15 is 0 Å². The third-order valence-electron chi connectivity index (χ3n) is 2.59. The number of aryl methyl sites for hydroxylation is 1. The Kier molecular flexibility index (Phi) is 3.18. The van der Waals surface area contributed by atoms with Crippen molar-refractivity contribution in [1.29, 1.82) is 0 Å². The van der Waals surface area contributed by atoms with E-state index in [4.69, 9.17) is 5.11 Å². The molecule has 0 aliphatic rings. The number of carboxylic acids is 1. The topological polar surface area (TPSA) is 37.3 Å². The van der Waals surface area contributed by atoms with Gasteiger partial charge in [0.15, 0.2) is 0 Å². The smallest absolute Gasteiger partial charge is 0.335 e. The Morgan fingerprint density at radius 2 is 1.93 bits per heavy atom. The van der Waals surface area contributed by atoms with Crippen LogP contribution in [0.1, 0.15) is 49.2 Å². The average Bonchev–Trinajstić information content (AvgIpc) is 2.15. The zero-order valence-electron chi connectivity index (χ0n) is 9.79. The van der Waals surface area contributed by atoms with Gasteiger partial charge in [0.2, 0.25) is 0 Å². The second kappa shape index (κ2) is 4.05. The molecule has 0 heterocycles. The molecule has 82 valence electrons. The summed E-state index contributed by atoms with van der Waals surface area (Å²) in [7, 11) is 0. The van der Waals surface area contributed by atoms with Crippen molar-refractivity contribution < 1.29 is 9.90 Å².